The van der Waals surface area contributed by atoms with Crippen LogP contribution in [0.1, 0.15) is 77.6 Å². The molecule has 0 aromatic carbocycles. The molecule has 2 atom stereocenters. The van der Waals surface area contributed by atoms with E-state index in [1.54, 1.807) is 0 Å². The first-order valence-electron chi connectivity index (χ1n) is 9.25. The van der Waals surface area contributed by atoms with Gasteiger partial charge < -0.3 is 17.2 Å². The van der Waals surface area contributed by atoms with E-state index in [4.69, 9.17) is 17.2 Å². The molecule has 0 bridgehead atoms. The van der Waals surface area contributed by atoms with E-state index in [9.17, 15) is 0 Å². The molecule has 1 saturated carbocycles. The van der Waals surface area contributed by atoms with Crippen LogP contribution in [0.15, 0.2) is 0 Å². The molecule has 2 rings (SSSR count). The second-order valence-electron chi connectivity index (χ2n) is 7.79. The summed E-state index contributed by atoms with van der Waals surface area (Å²) in [6, 6.07) is 0.154. The highest BCUT2D eigenvalue weighted by molar-refractivity contribution is 5.00. The topological polar surface area (TPSA) is 102 Å². The summed E-state index contributed by atoms with van der Waals surface area (Å²) in [6.07, 6.45) is 13.5. The fourth-order valence-corrected chi connectivity index (χ4v) is 4.24. The van der Waals surface area contributed by atoms with Crippen LogP contribution in [0, 0.1) is 5.41 Å². The maximum absolute atomic E-state index is 6.91. The molecule has 2 fully saturated rings. The lowest BCUT2D eigenvalue weighted by molar-refractivity contribution is 0.0687. The highest BCUT2D eigenvalue weighted by Crippen LogP contribution is 2.42. The zero-order valence-corrected chi connectivity index (χ0v) is 14.4. The third kappa shape index (κ3) is 4.42. The molecule has 1 aliphatic carbocycles. The number of rotatable bonds is 2. The predicted octanol–water partition coefficient (Wildman–Crippen LogP) is 1.71. The van der Waals surface area contributed by atoms with Crippen LogP contribution in [0.25, 0.3) is 0 Å². The monoisotopic (exact) mass is 311 g/mol. The summed E-state index contributed by atoms with van der Waals surface area (Å²) in [6.45, 7) is 3.09. The molecule has 2 aliphatic rings. The van der Waals surface area contributed by atoms with Gasteiger partial charge in [0, 0.05) is 12.7 Å². The van der Waals surface area contributed by atoms with Gasteiger partial charge in [-0.05, 0) is 31.1 Å². The van der Waals surface area contributed by atoms with Crippen molar-refractivity contribution in [3.63, 3.8) is 0 Å². The zero-order valence-electron chi connectivity index (χ0n) is 14.4. The van der Waals surface area contributed by atoms with Gasteiger partial charge in [-0.2, -0.15) is 0 Å². The number of nitrogens with two attached hydrogens (primary N) is 3. The molecule has 2 unspecified atom stereocenters. The van der Waals surface area contributed by atoms with Crippen molar-refractivity contribution in [2.75, 3.05) is 6.67 Å². The molecular weight excluding hydrogens is 274 g/mol. The molecule has 1 heterocycles. The average Bonchev–Trinajstić information content (AvgIpc) is 2.69. The van der Waals surface area contributed by atoms with E-state index in [0.717, 1.165) is 12.8 Å². The van der Waals surface area contributed by atoms with E-state index in [0.29, 0.717) is 6.67 Å². The van der Waals surface area contributed by atoms with Crippen molar-refractivity contribution in [2.45, 2.75) is 95.4 Å². The molecule has 0 spiro atoms. The molecule has 22 heavy (non-hydrogen) atoms. The van der Waals surface area contributed by atoms with Gasteiger partial charge >= 0.3 is 0 Å². The van der Waals surface area contributed by atoms with Crippen LogP contribution in [0.5, 0.6) is 0 Å². The quantitative estimate of drug-likeness (QED) is 0.500. The molecule has 130 valence electrons. The summed E-state index contributed by atoms with van der Waals surface area (Å²) in [4.78, 5) is 0. The van der Waals surface area contributed by atoms with Crippen molar-refractivity contribution in [1.29, 1.82) is 0 Å². The van der Waals surface area contributed by atoms with E-state index >= 15 is 0 Å². The Bertz CT molecular complexity index is 323. The van der Waals surface area contributed by atoms with Gasteiger partial charge in [-0.15, -0.1) is 0 Å². The summed E-state index contributed by atoms with van der Waals surface area (Å²) in [5, 5.41) is 6.99. The Kier molecular flexibility index (Phi) is 6.65. The van der Waals surface area contributed by atoms with Crippen molar-refractivity contribution in [2.24, 2.45) is 22.6 Å². The minimum absolute atomic E-state index is 0.152. The summed E-state index contributed by atoms with van der Waals surface area (Å²) in [5.74, 6) is 0. The van der Waals surface area contributed by atoms with Gasteiger partial charge in [0.2, 0.25) is 0 Å². The molecule has 0 amide bonds. The smallest absolute Gasteiger partial charge is 0.0727 e. The van der Waals surface area contributed by atoms with Crippen LogP contribution in [-0.4, -0.2) is 24.5 Å². The second-order valence-corrected chi connectivity index (χ2v) is 7.79. The Morgan fingerprint density at radius 3 is 2.00 bits per heavy atom. The van der Waals surface area contributed by atoms with Crippen molar-refractivity contribution >= 4 is 0 Å². The Morgan fingerprint density at radius 2 is 1.45 bits per heavy atom. The minimum atomic E-state index is -0.319. The highest BCUT2D eigenvalue weighted by atomic mass is 15.2. The summed E-state index contributed by atoms with van der Waals surface area (Å²) in [7, 11) is 0. The molecule has 5 nitrogen and oxygen atoms in total. The first-order valence-corrected chi connectivity index (χ1v) is 9.25. The SMILES string of the molecule is CC1(C2(N)CCC(C(N)N)NCN2)CCCCCCCCC1. The lowest BCUT2D eigenvalue weighted by Gasteiger charge is -2.47. The molecule has 1 aliphatic heterocycles. The van der Waals surface area contributed by atoms with Crippen LogP contribution in [0.3, 0.4) is 0 Å². The minimum Gasteiger partial charge on any atom is -0.315 e. The third-order valence-electron chi connectivity index (χ3n) is 6.12. The van der Waals surface area contributed by atoms with Gasteiger partial charge in [0.15, 0.2) is 0 Å². The molecule has 0 aromatic rings. The largest absolute Gasteiger partial charge is 0.315 e. The fourth-order valence-electron chi connectivity index (χ4n) is 4.24. The van der Waals surface area contributed by atoms with Crippen molar-refractivity contribution in [3.8, 4) is 0 Å². The Labute approximate surface area is 136 Å². The van der Waals surface area contributed by atoms with Crippen LogP contribution < -0.4 is 27.8 Å². The second kappa shape index (κ2) is 8.06. The van der Waals surface area contributed by atoms with Gasteiger partial charge in [0.05, 0.1) is 11.8 Å². The summed E-state index contributed by atoms with van der Waals surface area (Å²) < 4.78 is 0. The van der Waals surface area contributed by atoms with E-state index < -0.39 is 0 Å². The predicted molar refractivity (Wildman–Crippen MR) is 92.9 cm³/mol. The van der Waals surface area contributed by atoms with Crippen LogP contribution >= 0.6 is 0 Å². The number of hydrogen-bond acceptors (Lipinski definition) is 5. The number of nitrogens with one attached hydrogen (secondary N) is 2. The molecular formula is C17H37N5. The molecule has 1 saturated heterocycles. The van der Waals surface area contributed by atoms with Crippen LogP contribution in [-0.2, 0) is 0 Å². The van der Waals surface area contributed by atoms with E-state index in [1.165, 1.54) is 57.8 Å². The summed E-state index contributed by atoms with van der Waals surface area (Å²) >= 11 is 0. The van der Waals surface area contributed by atoms with Gasteiger partial charge in [0.1, 0.15) is 0 Å². The maximum atomic E-state index is 6.91. The van der Waals surface area contributed by atoms with E-state index in [-0.39, 0.29) is 23.3 Å². The van der Waals surface area contributed by atoms with Gasteiger partial charge in [-0.25, -0.2) is 0 Å². The van der Waals surface area contributed by atoms with Gasteiger partial charge in [0.25, 0.3) is 0 Å². The number of hydrogen-bond donors (Lipinski definition) is 5. The fraction of sp³-hybridized carbons (Fsp3) is 1.00. The van der Waals surface area contributed by atoms with Crippen molar-refractivity contribution in [1.82, 2.24) is 10.6 Å². The van der Waals surface area contributed by atoms with Crippen LogP contribution in [0.4, 0.5) is 0 Å². The standard InChI is InChI=1S/C17H37N5/c1-16(10-7-5-3-2-4-6-8-11-16)17(20)12-9-14(15(18)19)21-13-22-17/h14-15,21-22H,2-13,18-20H2,1H3. The van der Waals surface area contributed by atoms with E-state index in [1.807, 2.05) is 0 Å². The summed E-state index contributed by atoms with van der Waals surface area (Å²) in [5.41, 5.74) is 18.5. The maximum Gasteiger partial charge on any atom is 0.0727 e. The first kappa shape index (κ1) is 18.1. The Morgan fingerprint density at radius 1 is 0.909 bits per heavy atom. The molecule has 0 radical (unpaired) electrons. The zero-order chi connectivity index (χ0) is 16.1. The first-order chi connectivity index (χ1) is 10.5. The molecule has 8 N–H and O–H groups in total. The van der Waals surface area contributed by atoms with E-state index in [2.05, 4.69) is 17.6 Å². The molecule has 0 aromatic heterocycles. The average molecular weight is 312 g/mol. The van der Waals surface area contributed by atoms with Crippen molar-refractivity contribution < 1.29 is 0 Å². The van der Waals surface area contributed by atoms with Crippen LogP contribution in [0.2, 0.25) is 0 Å². The van der Waals surface area contributed by atoms with Gasteiger partial charge in [-0.1, -0.05) is 51.9 Å². The lowest BCUT2D eigenvalue weighted by atomic mass is 9.67. The Hall–Kier alpha value is -0.200. The molecule has 5 heteroatoms. The highest BCUT2D eigenvalue weighted by Gasteiger charge is 2.45. The van der Waals surface area contributed by atoms with Gasteiger partial charge in [-0.3, -0.25) is 10.6 Å². The lowest BCUT2D eigenvalue weighted by Crippen LogP contribution is -2.64. The third-order valence-corrected chi connectivity index (χ3v) is 6.12. The Balaban J connectivity index is 2.06. The van der Waals surface area contributed by atoms with Crippen molar-refractivity contribution in [3.05, 3.63) is 0 Å². The normalized spacial score (nSPS) is 35.0.